The smallest absolute Gasteiger partial charge is 0.383 e. The number of alkyl halides is 3. The fraction of sp³-hybridized carbons (Fsp3) is 0.667. The predicted molar refractivity (Wildman–Crippen MR) is 85.2 cm³/mol. The van der Waals surface area contributed by atoms with Crippen LogP contribution in [-0.4, -0.2) is 31.2 Å². The number of hydrogen-bond donors (Lipinski definition) is 0. The van der Waals surface area contributed by atoms with Crippen molar-refractivity contribution in [3.05, 3.63) is 35.4 Å². The number of piperidine rings is 1. The molecule has 0 bridgehead atoms. The maximum Gasteiger partial charge on any atom is 0.416 e. The van der Waals surface area contributed by atoms with Crippen molar-refractivity contribution in [2.45, 2.75) is 51.4 Å². The molecule has 1 aliphatic rings. The maximum atomic E-state index is 12.7. The summed E-state index contributed by atoms with van der Waals surface area (Å²) in [4.78, 5) is 2.42. The molecule has 1 heterocycles. The monoisotopic (exact) mass is 329 g/mol. The van der Waals surface area contributed by atoms with E-state index in [4.69, 9.17) is 4.74 Å². The lowest BCUT2D eigenvalue weighted by molar-refractivity contribution is -0.137. The first kappa shape index (κ1) is 18.3. The van der Waals surface area contributed by atoms with Crippen LogP contribution in [0.25, 0.3) is 0 Å². The van der Waals surface area contributed by atoms with Gasteiger partial charge in [-0.15, -0.1) is 0 Å². The van der Waals surface area contributed by atoms with Crippen LogP contribution in [-0.2, 0) is 10.9 Å². The van der Waals surface area contributed by atoms with E-state index in [2.05, 4.69) is 18.7 Å². The molecule has 0 spiro atoms. The van der Waals surface area contributed by atoms with Gasteiger partial charge in [-0.3, -0.25) is 4.90 Å². The van der Waals surface area contributed by atoms with Gasteiger partial charge in [-0.05, 0) is 42.9 Å². The molecule has 23 heavy (non-hydrogen) atoms. The molecule has 3 atom stereocenters. The minimum atomic E-state index is -4.28. The molecule has 1 aromatic carbocycles. The molecule has 0 amide bonds. The lowest BCUT2D eigenvalue weighted by Crippen LogP contribution is -2.46. The van der Waals surface area contributed by atoms with Crippen molar-refractivity contribution in [2.24, 2.45) is 5.92 Å². The zero-order valence-corrected chi connectivity index (χ0v) is 14.1. The van der Waals surface area contributed by atoms with E-state index in [9.17, 15) is 13.2 Å². The van der Waals surface area contributed by atoms with Gasteiger partial charge in [-0.25, -0.2) is 0 Å². The number of hydrogen-bond acceptors (Lipinski definition) is 2. The standard InChI is InChI=1S/C18H26F3NO/c1-4-17(14-6-8-15(9-7-14)18(19,20)21)22-11-13(2)5-10-16(22)12-23-3/h6-9,13,16-17H,4-5,10-12H2,1-3H3/t13-,16+,17?/m1/s1. The van der Waals surface area contributed by atoms with Gasteiger partial charge in [0.05, 0.1) is 12.2 Å². The molecule has 2 nitrogen and oxygen atoms in total. The maximum absolute atomic E-state index is 12.7. The van der Waals surface area contributed by atoms with Gasteiger partial charge in [0.25, 0.3) is 0 Å². The summed E-state index contributed by atoms with van der Waals surface area (Å²) in [5.41, 5.74) is 0.368. The molecule has 0 aliphatic carbocycles. The average Bonchev–Trinajstić information content (AvgIpc) is 2.50. The van der Waals surface area contributed by atoms with Crippen LogP contribution in [0.4, 0.5) is 13.2 Å². The second-order valence-electron chi connectivity index (χ2n) is 6.53. The van der Waals surface area contributed by atoms with Crippen LogP contribution in [0.5, 0.6) is 0 Å². The van der Waals surface area contributed by atoms with Gasteiger partial charge in [0.1, 0.15) is 0 Å². The van der Waals surface area contributed by atoms with E-state index in [0.29, 0.717) is 18.6 Å². The number of halogens is 3. The van der Waals surface area contributed by atoms with Crippen molar-refractivity contribution in [1.82, 2.24) is 4.90 Å². The van der Waals surface area contributed by atoms with E-state index < -0.39 is 11.7 Å². The highest BCUT2D eigenvalue weighted by Gasteiger charge is 2.33. The van der Waals surface area contributed by atoms with Crippen molar-refractivity contribution < 1.29 is 17.9 Å². The number of nitrogens with zero attached hydrogens (tertiary/aromatic N) is 1. The van der Waals surface area contributed by atoms with Gasteiger partial charge in [-0.2, -0.15) is 13.2 Å². The Morgan fingerprint density at radius 3 is 2.39 bits per heavy atom. The SMILES string of the molecule is CCC(c1ccc(C(F)(F)F)cc1)N1C[C@H](C)CC[C@H]1COC. The first-order chi connectivity index (χ1) is 10.9. The zero-order valence-electron chi connectivity index (χ0n) is 14.1. The summed E-state index contributed by atoms with van der Waals surface area (Å²) in [6, 6.07) is 6.11. The molecule has 130 valence electrons. The first-order valence-electron chi connectivity index (χ1n) is 8.28. The predicted octanol–water partition coefficient (Wildman–Crippen LogP) is 4.90. The van der Waals surface area contributed by atoms with E-state index in [1.165, 1.54) is 18.6 Å². The molecule has 0 N–H and O–H groups in total. The molecule has 1 saturated heterocycles. The summed E-state index contributed by atoms with van der Waals surface area (Å²) in [7, 11) is 1.70. The highest BCUT2D eigenvalue weighted by molar-refractivity contribution is 5.27. The van der Waals surface area contributed by atoms with Gasteiger partial charge in [0.15, 0.2) is 0 Å². The molecule has 5 heteroatoms. The molecule has 2 rings (SSSR count). The number of likely N-dealkylation sites (tertiary alicyclic amines) is 1. The number of ether oxygens (including phenoxy) is 1. The Balaban J connectivity index is 2.22. The van der Waals surface area contributed by atoms with Crippen LogP contribution >= 0.6 is 0 Å². The first-order valence-corrected chi connectivity index (χ1v) is 8.28. The van der Waals surface area contributed by atoms with Crippen LogP contribution in [0.2, 0.25) is 0 Å². The molecular formula is C18H26F3NO. The number of benzene rings is 1. The van der Waals surface area contributed by atoms with Crippen molar-refractivity contribution >= 4 is 0 Å². The fourth-order valence-corrected chi connectivity index (χ4v) is 3.55. The Morgan fingerprint density at radius 2 is 1.87 bits per heavy atom. The summed E-state index contributed by atoms with van der Waals surface area (Å²) < 4.78 is 43.6. The molecule has 1 aliphatic heterocycles. The average molecular weight is 329 g/mol. The van der Waals surface area contributed by atoms with Crippen LogP contribution in [0.15, 0.2) is 24.3 Å². The number of rotatable bonds is 5. The summed E-state index contributed by atoms with van der Waals surface area (Å²) in [5.74, 6) is 0.603. The Labute approximate surface area is 136 Å². The summed E-state index contributed by atoms with van der Waals surface area (Å²) in [5, 5.41) is 0. The normalized spacial score (nSPS) is 24.6. The van der Waals surface area contributed by atoms with Gasteiger partial charge in [-0.1, -0.05) is 26.0 Å². The Kier molecular flexibility index (Phi) is 6.09. The van der Waals surface area contributed by atoms with E-state index in [-0.39, 0.29) is 6.04 Å². The summed E-state index contributed by atoms with van der Waals surface area (Å²) in [6.07, 6.45) is -1.16. The lowest BCUT2D eigenvalue weighted by atomic mass is 9.90. The molecule has 1 aromatic rings. The zero-order chi connectivity index (χ0) is 17.0. The van der Waals surface area contributed by atoms with Crippen LogP contribution in [0, 0.1) is 5.92 Å². The highest BCUT2D eigenvalue weighted by Crippen LogP contribution is 2.35. The molecule has 1 fully saturated rings. The third-order valence-electron chi connectivity index (χ3n) is 4.75. The minimum absolute atomic E-state index is 0.139. The van der Waals surface area contributed by atoms with Gasteiger partial charge >= 0.3 is 6.18 Å². The Bertz CT molecular complexity index is 486. The van der Waals surface area contributed by atoms with Gasteiger partial charge < -0.3 is 4.74 Å². The van der Waals surface area contributed by atoms with E-state index in [0.717, 1.165) is 24.9 Å². The molecule has 1 unspecified atom stereocenters. The third-order valence-corrected chi connectivity index (χ3v) is 4.75. The molecule has 0 saturated carbocycles. The number of methoxy groups -OCH3 is 1. The van der Waals surface area contributed by atoms with Crippen molar-refractivity contribution in [1.29, 1.82) is 0 Å². The molecule has 0 radical (unpaired) electrons. The van der Waals surface area contributed by atoms with Crippen LogP contribution < -0.4 is 0 Å². The largest absolute Gasteiger partial charge is 0.416 e. The van der Waals surface area contributed by atoms with E-state index in [1.807, 2.05) is 0 Å². The summed E-state index contributed by atoms with van der Waals surface area (Å²) in [6.45, 7) is 5.96. The highest BCUT2D eigenvalue weighted by atomic mass is 19.4. The van der Waals surface area contributed by atoms with E-state index >= 15 is 0 Å². The summed E-state index contributed by atoms with van der Waals surface area (Å²) >= 11 is 0. The molecular weight excluding hydrogens is 303 g/mol. The Hall–Kier alpha value is -1.07. The second-order valence-corrected chi connectivity index (χ2v) is 6.53. The Morgan fingerprint density at radius 1 is 1.22 bits per heavy atom. The van der Waals surface area contributed by atoms with Gasteiger partial charge in [0, 0.05) is 25.7 Å². The quantitative estimate of drug-likeness (QED) is 0.761. The van der Waals surface area contributed by atoms with Crippen molar-refractivity contribution in [3.8, 4) is 0 Å². The van der Waals surface area contributed by atoms with Crippen molar-refractivity contribution in [3.63, 3.8) is 0 Å². The topological polar surface area (TPSA) is 12.5 Å². The van der Waals surface area contributed by atoms with Crippen LogP contribution in [0.3, 0.4) is 0 Å². The minimum Gasteiger partial charge on any atom is -0.383 e. The van der Waals surface area contributed by atoms with Gasteiger partial charge in [0.2, 0.25) is 0 Å². The second kappa shape index (κ2) is 7.67. The van der Waals surface area contributed by atoms with Crippen LogP contribution in [0.1, 0.15) is 50.3 Å². The van der Waals surface area contributed by atoms with Crippen molar-refractivity contribution in [2.75, 3.05) is 20.3 Å². The fourth-order valence-electron chi connectivity index (χ4n) is 3.55. The van der Waals surface area contributed by atoms with E-state index in [1.54, 1.807) is 19.2 Å². The molecule has 0 aromatic heterocycles. The lowest BCUT2D eigenvalue weighted by Gasteiger charge is -2.43. The third kappa shape index (κ3) is 4.48.